The highest BCUT2D eigenvalue weighted by Crippen LogP contribution is 2.30. The third kappa shape index (κ3) is 5.64. The number of esters is 1. The molecule has 2 aromatic heterocycles. The topological polar surface area (TPSA) is 118 Å². The number of halogens is 1. The van der Waals surface area contributed by atoms with E-state index in [2.05, 4.69) is 10.3 Å². The van der Waals surface area contributed by atoms with E-state index >= 15 is 0 Å². The molecule has 1 amide bonds. The zero-order valence-electron chi connectivity index (χ0n) is 20.8. The number of nitrogens with one attached hydrogen (secondary N) is 2. The van der Waals surface area contributed by atoms with Crippen molar-refractivity contribution in [1.82, 2.24) is 19.9 Å². The summed E-state index contributed by atoms with van der Waals surface area (Å²) in [4.78, 5) is 42.2. The van der Waals surface area contributed by atoms with Gasteiger partial charge in [0.05, 0.1) is 13.3 Å². The van der Waals surface area contributed by atoms with Gasteiger partial charge in [-0.25, -0.2) is 14.1 Å². The van der Waals surface area contributed by atoms with Crippen molar-refractivity contribution in [3.05, 3.63) is 62.7 Å². The lowest BCUT2D eigenvalue weighted by atomic mass is 10.0. The van der Waals surface area contributed by atoms with E-state index in [1.807, 2.05) is 43.9 Å². The summed E-state index contributed by atoms with van der Waals surface area (Å²) in [5.74, 6) is -0.0728. The maximum atomic E-state index is 13.1. The zero-order valence-corrected chi connectivity index (χ0v) is 21.5. The van der Waals surface area contributed by atoms with Crippen LogP contribution in [0.2, 0.25) is 5.02 Å². The summed E-state index contributed by atoms with van der Waals surface area (Å²) in [6.07, 6.45) is 2.93. The van der Waals surface area contributed by atoms with E-state index < -0.39 is 23.2 Å². The third-order valence-electron chi connectivity index (χ3n) is 5.87. The maximum Gasteiger partial charge on any atom is 0.407 e. The molecule has 0 bridgehead atoms. The summed E-state index contributed by atoms with van der Waals surface area (Å²) < 4.78 is 11.6. The molecule has 2 N–H and O–H groups in total. The number of rotatable bonds is 5. The van der Waals surface area contributed by atoms with Crippen molar-refractivity contribution in [2.24, 2.45) is 0 Å². The van der Waals surface area contributed by atoms with Crippen molar-refractivity contribution in [2.45, 2.75) is 51.7 Å². The van der Waals surface area contributed by atoms with Crippen LogP contribution in [-0.4, -0.2) is 58.5 Å². The quantitative estimate of drug-likeness (QED) is 0.499. The van der Waals surface area contributed by atoms with Gasteiger partial charge in [-0.15, -0.1) is 5.10 Å². The number of methoxy groups -OCH3 is 1. The Bertz CT molecular complexity index is 1340. The predicted molar refractivity (Wildman–Crippen MR) is 136 cm³/mol. The first-order chi connectivity index (χ1) is 17.1. The molecule has 11 heteroatoms. The second-order valence-corrected chi connectivity index (χ2v) is 10.2. The van der Waals surface area contributed by atoms with Crippen LogP contribution >= 0.6 is 11.6 Å². The number of aromatic nitrogens is 3. The van der Waals surface area contributed by atoms with Gasteiger partial charge in [0.25, 0.3) is 5.56 Å². The number of aromatic amines is 1. The first-order valence-corrected chi connectivity index (χ1v) is 12.1. The molecule has 1 atom stereocenters. The van der Waals surface area contributed by atoms with E-state index in [-0.39, 0.29) is 11.7 Å². The molecule has 3 heterocycles. The lowest BCUT2D eigenvalue weighted by molar-refractivity contribution is 0.0499. The van der Waals surface area contributed by atoms with Gasteiger partial charge in [-0.05, 0) is 45.2 Å². The predicted octanol–water partition coefficient (Wildman–Crippen LogP) is 3.55. The fourth-order valence-corrected chi connectivity index (χ4v) is 4.55. The molecule has 1 aliphatic heterocycles. The number of alkyl carbamates (subject to hydrolysis) is 1. The Hall–Kier alpha value is -3.53. The zero-order chi connectivity index (χ0) is 26.0. The summed E-state index contributed by atoms with van der Waals surface area (Å²) in [6.45, 7) is 6.63. The van der Waals surface area contributed by atoms with Crippen LogP contribution in [0.5, 0.6) is 0 Å². The molecule has 1 aromatic carbocycles. The lowest BCUT2D eigenvalue weighted by Crippen LogP contribution is -2.49. The highest BCUT2D eigenvalue weighted by atomic mass is 35.5. The number of ether oxygens (including phenoxy) is 2. The second kappa shape index (κ2) is 10.2. The van der Waals surface area contributed by atoms with E-state index in [1.54, 1.807) is 6.07 Å². The van der Waals surface area contributed by atoms with E-state index in [9.17, 15) is 14.4 Å². The van der Waals surface area contributed by atoms with Crippen LogP contribution in [0.25, 0.3) is 5.52 Å². The lowest BCUT2D eigenvalue weighted by Gasteiger charge is -2.34. The number of H-pyrrole nitrogens is 1. The van der Waals surface area contributed by atoms with Gasteiger partial charge in [0, 0.05) is 36.1 Å². The molecule has 0 unspecified atom stereocenters. The van der Waals surface area contributed by atoms with Crippen molar-refractivity contribution in [3.8, 4) is 0 Å². The van der Waals surface area contributed by atoms with Crippen LogP contribution in [0.3, 0.4) is 0 Å². The number of hydrogen-bond donors (Lipinski definition) is 2. The largest absolute Gasteiger partial charge is 0.464 e. The molecule has 0 aliphatic carbocycles. The number of nitrogens with zero attached hydrogens (tertiary/aromatic N) is 3. The summed E-state index contributed by atoms with van der Waals surface area (Å²) in [7, 11) is 1.24. The van der Waals surface area contributed by atoms with Crippen molar-refractivity contribution < 1.29 is 19.1 Å². The van der Waals surface area contributed by atoms with Gasteiger partial charge in [0.1, 0.15) is 16.8 Å². The van der Waals surface area contributed by atoms with Crippen molar-refractivity contribution >= 4 is 35.0 Å². The molecule has 0 spiro atoms. The minimum atomic E-state index is -0.668. The first kappa shape index (κ1) is 25.6. The first-order valence-electron chi connectivity index (χ1n) is 11.8. The monoisotopic (exact) mass is 515 g/mol. The number of amides is 1. The molecule has 192 valence electrons. The minimum absolute atomic E-state index is 0.00328. The molecular weight excluding hydrogens is 486 g/mol. The number of fused-ring (bicyclic) bond motifs is 1. The van der Waals surface area contributed by atoms with Crippen LogP contribution in [-0.2, 0) is 15.9 Å². The third-order valence-corrected chi connectivity index (χ3v) is 6.24. The molecule has 3 aromatic rings. The van der Waals surface area contributed by atoms with E-state index in [4.69, 9.17) is 26.2 Å². The number of hydrogen-bond acceptors (Lipinski definition) is 7. The second-order valence-electron chi connectivity index (χ2n) is 9.78. The SMILES string of the molecule is COC(=O)c1cn2nc(N3CCC[C@@H](NC(=O)OC(C)(C)C)C3)c(Cc3ccccc3Cl)c2c(=O)[nH]1. The standard InChI is InChI=1S/C25H30ClN5O5/c1-25(2,3)36-24(34)27-16-9-7-11-30(13-16)21-17(12-15-8-5-6-10-18(15)26)20-22(32)28-19(23(33)35-4)14-31(20)29-21/h5-6,8,10,14,16H,7,9,11-13H2,1-4H3,(H,27,34)(H,28,32)/t16-/m1/s1. The fourth-order valence-electron chi connectivity index (χ4n) is 4.35. The summed E-state index contributed by atoms with van der Waals surface area (Å²) >= 11 is 6.44. The van der Waals surface area contributed by atoms with Crippen molar-refractivity contribution in [1.29, 1.82) is 0 Å². The molecule has 0 saturated carbocycles. The number of benzene rings is 1. The Morgan fingerprint density at radius 3 is 2.72 bits per heavy atom. The number of carbonyl (C=O) groups is 2. The summed E-state index contributed by atoms with van der Waals surface area (Å²) in [5, 5.41) is 8.22. The molecule has 1 aliphatic rings. The van der Waals surface area contributed by atoms with Gasteiger partial charge >= 0.3 is 12.1 Å². The molecule has 1 fully saturated rings. The molecule has 4 rings (SSSR count). The Morgan fingerprint density at radius 1 is 1.28 bits per heavy atom. The van der Waals surface area contributed by atoms with E-state index in [0.717, 1.165) is 18.4 Å². The average Bonchev–Trinajstić information content (AvgIpc) is 3.17. The van der Waals surface area contributed by atoms with Gasteiger partial charge < -0.3 is 24.7 Å². The fraction of sp³-hybridized carbons (Fsp3) is 0.440. The van der Waals surface area contributed by atoms with Crippen LogP contribution in [0, 0.1) is 0 Å². The normalized spacial score (nSPS) is 16.1. The summed E-state index contributed by atoms with van der Waals surface area (Å²) in [6, 6.07) is 7.26. The molecule has 10 nitrogen and oxygen atoms in total. The Kier molecular flexibility index (Phi) is 7.26. The van der Waals surface area contributed by atoms with Gasteiger partial charge in [-0.1, -0.05) is 29.8 Å². The summed E-state index contributed by atoms with van der Waals surface area (Å²) in [5.41, 5.74) is 0.779. The molecule has 36 heavy (non-hydrogen) atoms. The Labute approximate surface area is 213 Å². The van der Waals surface area contributed by atoms with Crippen LogP contribution in [0.4, 0.5) is 10.6 Å². The molecule has 0 radical (unpaired) electrons. The maximum absolute atomic E-state index is 13.1. The van der Waals surface area contributed by atoms with Crippen molar-refractivity contribution in [2.75, 3.05) is 25.1 Å². The van der Waals surface area contributed by atoms with Crippen LogP contribution in [0.1, 0.15) is 55.2 Å². The van der Waals surface area contributed by atoms with Crippen LogP contribution in [0.15, 0.2) is 35.3 Å². The van der Waals surface area contributed by atoms with Gasteiger partial charge in [0.15, 0.2) is 5.82 Å². The number of piperidine rings is 1. The van der Waals surface area contributed by atoms with Crippen LogP contribution < -0.4 is 15.8 Å². The molecular formula is C25H30ClN5O5. The Balaban J connectivity index is 1.73. The van der Waals surface area contributed by atoms with Crippen molar-refractivity contribution in [3.63, 3.8) is 0 Å². The van der Waals surface area contributed by atoms with E-state index in [0.29, 0.717) is 41.4 Å². The number of carbonyl (C=O) groups excluding carboxylic acids is 2. The number of anilines is 1. The van der Waals surface area contributed by atoms with Gasteiger partial charge in [0.2, 0.25) is 0 Å². The highest BCUT2D eigenvalue weighted by molar-refractivity contribution is 6.31. The van der Waals surface area contributed by atoms with Gasteiger partial charge in [-0.3, -0.25) is 4.79 Å². The smallest absolute Gasteiger partial charge is 0.407 e. The Morgan fingerprint density at radius 2 is 2.03 bits per heavy atom. The average molecular weight is 516 g/mol. The molecule has 1 saturated heterocycles. The van der Waals surface area contributed by atoms with E-state index in [1.165, 1.54) is 17.8 Å². The highest BCUT2D eigenvalue weighted by Gasteiger charge is 2.29. The minimum Gasteiger partial charge on any atom is -0.464 e. The van der Waals surface area contributed by atoms with Gasteiger partial charge in [-0.2, -0.15) is 0 Å².